The maximum absolute atomic E-state index is 6.19. The Balaban J connectivity index is 2.53. The van der Waals surface area contributed by atoms with E-state index in [4.69, 9.17) is 16.3 Å². The second-order valence-electron chi connectivity index (χ2n) is 6.63. The Morgan fingerprint density at radius 3 is 2.24 bits per heavy atom. The van der Waals surface area contributed by atoms with Crippen LogP contribution in [0.3, 0.4) is 0 Å². The molecular weight excluding hydrogens is 284 g/mol. The van der Waals surface area contributed by atoms with Gasteiger partial charge in [-0.2, -0.15) is 4.98 Å². The first-order valence-electron chi connectivity index (χ1n) is 8.03. The first kappa shape index (κ1) is 18.2. The summed E-state index contributed by atoms with van der Waals surface area (Å²) in [5.74, 6) is 1.37. The van der Waals surface area contributed by atoms with Gasteiger partial charge in [0.1, 0.15) is 11.0 Å². The van der Waals surface area contributed by atoms with E-state index in [0.29, 0.717) is 17.6 Å². The van der Waals surface area contributed by atoms with E-state index in [2.05, 4.69) is 37.7 Å². The average Bonchev–Trinajstić information content (AvgIpc) is 2.41. The summed E-state index contributed by atoms with van der Waals surface area (Å²) in [6, 6.07) is 0. The van der Waals surface area contributed by atoms with Crippen LogP contribution >= 0.6 is 11.6 Å². The lowest BCUT2D eigenvalue weighted by atomic mass is 9.96. The number of aromatic nitrogens is 2. The maximum atomic E-state index is 6.19. The number of nitrogens with zero attached hydrogens (tertiary/aromatic N) is 2. The third kappa shape index (κ3) is 6.21. The Bertz CT molecular complexity index is 441. The smallest absolute Gasteiger partial charge is 0.221 e. The molecular formula is C17H29ClN2O. The van der Waals surface area contributed by atoms with Crippen LogP contribution in [0.25, 0.3) is 0 Å². The quantitative estimate of drug-likeness (QED) is 0.471. The van der Waals surface area contributed by atoms with Gasteiger partial charge < -0.3 is 4.74 Å². The SMILES string of the molecule is CCCCCCCCOc1nc(C(C)(C)C)nc(Cl)c1C. The van der Waals surface area contributed by atoms with Crippen LogP contribution in [0.5, 0.6) is 5.88 Å². The minimum Gasteiger partial charge on any atom is -0.477 e. The van der Waals surface area contributed by atoms with Crippen LogP contribution in [-0.4, -0.2) is 16.6 Å². The number of unbranched alkanes of at least 4 members (excludes halogenated alkanes) is 5. The Hall–Kier alpha value is -0.830. The third-order valence-electron chi connectivity index (χ3n) is 3.45. The summed E-state index contributed by atoms with van der Waals surface area (Å²) in [6.45, 7) is 11.1. The van der Waals surface area contributed by atoms with E-state index in [1.807, 2.05) is 6.92 Å². The first-order chi connectivity index (χ1) is 9.86. The minimum atomic E-state index is -0.129. The van der Waals surface area contributed by atoms with Gasteiger partial charge in [0.15, 0.2) is 0 Å². The molecule has 0 N–H and O–H groups in total. The predicted octanol–water partition coefficient (Wildman–Crippen LogP) is 5.48. The molecule has 4 heteroatoms. The second kappa shape index (κ2) is 8.57. The van der Waals surface area contributed by atoms with Crippen molar-refractivity contribution in [3.8, 4) is 5.88 Å². The highest BCUT2D eigenvalue weighted by Gasteiger charge is 2.21. The summed E-state index contributed by atoms with van der Waals surface area (Å²) in [6.07, 6.45) is 7.50. The van der Waals surface area contributed by atoms with Gasteiger partial charge in [-0.15, -0.1) is 0 Å². The van der Waals surface area contributed by atoms with Crippen molar-refractivity contribution in [2.45, 2.75) is 78.6 Å². The lowest BCUT2D eigenvalue weighted by molar-refractivity contribution is 0.287. The van der Waals surface area contributed by atoms with Gasteiger partial charge in [0.05, 0.1) is 6.61 Å². The zero-order chi connectivity index (χ0) is 15.9. The molecule has 0 saturated carbocycles. The highest BCUT2D eigenvalue weighted by atomic mass is 35.5. The van der Waals surface area contributed by atoms with Crippen LogP contribution in [0.1, 0.15) is 77.6 Å². The zero-order valence-corrected chi connectivity index (χ0v) is 14.9. The van der Waals surface area contributed by atoms with Gasteiger partial charge in [-0.3, -0.25) is 0 Å². The Morgan fingerprint density at radius 1 is 1.00 bits per heavy atom. The van der Waals surface area contributed by atoms with E-state index in [1.165, 1.54) is 32.1 Å². The van der Waals surface area contributed by atoms with Crippen molar-refractivity contribution in [2.24, 2.45) is 0 Å². The monoisotopic (exact) mass is 312 g/mol. The van der Waals surface area contributed by atoms with Crippen LogP contribution in [0.15, 0.2) is 0 Å². The molecule has 1 aromatic rings. The van der Waals surface area contributed by atoms with Gasteiger partial charge in [-0.1, -0.05) is 71.4 Å². The van der Waals surface area contributed by atoms with Crippen LogP contribution in [0.2, 0.25) is 5.15 Å². The number of hydrogen-bond donors (Lipinski definition) is 0. The topological polar surface area (TPSA) is 35.0 Å². The fourth-order valence-corrected chi connectivity index (χ4v) is 2.16. The Morgan fingerprint density at radius 2 is 1.62 bits per heavy atom. The predicted molar refractivity (Wildman–Crippen MR) is 89.4 cm³/mol. The highest BCUT2D eigenvalue weighted by molar-refractivity contribution is 6.30. The lowest BCUT2D eigenvalue weighted by Gasteiger charge is -2.19. The number of rotatable bonds is 8. The Kier molecular flexibility index (Phi) is 7.44. The molecule has 0 unspecified atom stereocenters. The van der Waals surface area contributed by atoms with E-state index in [9.17, 15) is 0 Å². The molecule has 0 radical (unpaired) electrons. The van der Waals surface area contributed by atoms with Crippen molar-refractivity contribution in [3.63, 3.8) is 0 Å². The standard InChI is InChI=1S/C17H29ClN2O/c1-6-7-8-9-10-11-12-21-15-13(2)14(18)19-16(20-15)17(3,4)5/h6-12H2,1-5H3. The van der Waals surface area contributed by atoms with E-state index in [0.717, 1.165) is 17.8 Å². The van der Waals surface area contributed by atoms with E-state index in [-0.39, 0.29) is 5.41 Å². The fourth-order valence-electron chi connectivity index (χ4n) is 2.00. The first-order valence-corrected chi connectivity index (χ1v) is 8.41. The van der Waals surface area contributed by atoms with E-state index < -0.39 is 0 Å². The molecule has 0 aromatic carbocycles. The normalized spacial score (nSPS) is 11.7. The van der Waals surface area contributed by atoms with Gasteiger partial charge in [0.25, 0.3) is 0 Å². The van der Waals surface area contributed by atoms with Crippen LogP contribution in [-0.2, 0) is 5.41 Å². The molecule has 21 heavy (non-hydrogen) atoms. The summed E-state index contributed by atoms with van der Waals surface area (Å²) in [4.78, 5) is 8.89. The molecule has 1 rings (SSSR count). The van der Waals surface area contributed by atoms with Crippen LogP contribution in [0.4, 0.5) is 0 Å². The average molecular weight is 313 g/mol. The summed E-state index contributed by atoms with van der Waals surface area (Å²) in [7, 11) is 0. The van der Waals surface area contributed by atoms with Gasteiger partial charge in [0.2, 0.25) is 5.88 Å². The summed E-state index contributed by atoms with van der Waals surface area (Å²) in [5, 5.41) is 0.493. The number of halogens is 1. The highest BCUT2D eigenvalue weighted by Crippen LogP contribution is 2.27. The van der Waals surface area contributed by atoms with Crippen molar-refractivity contribution in [2.75, 3.05) is 6.61 Å². The van der Waals surface area contributed by atoms with Crippen molar-refractivity contribution >= 4 is 11.6 Å². The Labute approximate surface area is 134 Å². The molecule has 0 aliphatic rings. The van der Waals surface area contributed by atoms with Gasteiger partial charge in [-0.05, 0) is 13.3 Å². The molecule has 0 atom stereocenters. The lowest BCUT2D eigenvalue weighted by Crippen LogP contribution is -2.17. The second-order valence-corrected chi connectivity index (χ2v) is 6.99. The minimum absolute atomic E-state index is 0.129. The van der Waals surface area contributed by atoms with Gasteiger partial charge in [-0.25, -0.2) is 4.98 Å². The van der Waals surface area contributed by atoms with E-state index >= 15 is 0 Å². The molecule has 0 aliphatic carbocycles. The summed E-state index contributed by atoms with van der Waals surface area (Å²) < 4.78 is 5.82. The largest absolute Gasteiger partial charge is 0.477 e. The molecule has 0 spiro atoms. The molecule has 0 fully saturated rings. The van der Waals surface area contributed by atoms with Crippen molar-refractivity contribution in [1.29, 1.82) is 0 Å². The van der Waals surface area contributed by atoms with Gasteiger partial charge >= 0.3 is 0 Å². The zero-order valence-electron chi connectivity index (χ0n) is 14.1. The molecule has 3 nitrogen and oxygen atoms in total. The molecule has 0 aliphatic heterocycles. The summed E-state index contributed by atoms with van der Waals surface area (Å²) >= 11 is 6.19. The molecule has 0 bridgehead atoms. The fraction of sp³-hybridized carbons (Fsp3) is 0.765. The van der Waals surface area contributed by atoms with Crippen molar-refractivity contribution in [1.82, 2.24) is 9.97 Å². The van der Waals surface area contributed by atoms with Crippen LogP contribution < -0.4 is 4.74 Å². The molecule has 120 valence electrons. The molecule has 1 aromatic heterocycles. The molecule has 1 heterocycles. The van der Waals surface area contributed by atoms with Crippen LogP contribution in [0, 0.1) is 6.92 Å². The third-order valence-corrected chi connectivity index (χ3v) is 3.82. The molecule has 0 amide bonds. The van der Waals surface area contributed by atoms with Gasteiger partial charge in [0, 0.05) is 11.0 Å². The number of ether oxygens (including phenoxy) is 1. The maximum Gasteiger partial charge on any atom is 0.221 e. The number of hydrogen-bond acceptors (Lipinski definition) is 3. The van der Waals surface area contributed by atoms with Crippen molar-refractivity contribution < 1.29 is 4.74 Å². The summed E-state index contributed by atoms with van der Waals surface area (Å²) in [5.41, 5.74) is 0.700. The van der Waals surface area contributed by atoms with Crippen molar-refractivity contribution in [3.05, 3.63) is 16.5 Å². The van der Waals surface area contributed by atoms with E-state index in [1.54, 1.807) is 0 Å². The molecule has 0 saturated heterocycles.